The molecular formula is C30H33N3O6. The van der Waals surface area contributed by atoms with Gasteiger partial charge in [0.1, 0.15) is 12.3 Å². The Morgan fingerprint density at radius 2 is 1.72 bits per heavy atom. The number of ether oxygens (including phenoxy) is 3. The monoisotopic (exact) mass is 531 g/mol. The quantitative estimate of drug-likeness (QED) is 0.351. The molecule has 0 radical (unpaired) electrons. The highest BCUT2D eigenvalue weighted by Gasteiger charge is 2.23. The number of hydrogen-bond acceptors (Lipinski definition) is 7. The van der Waals surface area contributed by atoms with Crippen molar-refractivity contribution in [3.8, 4) is 11.5 Å². The molecule has 9 nitrogen and oxygen atoms in total. The fourth-order valence-corrected chi connectivity index (χ4v) is 4.54. The summed E-state index contributed by atoms with van der Waals surface area (Å²) in [6.45, 7) is 4.82. The van der Waals surface area contributed by atoms with Crippen LogP contribution in [0.5, 0.6) is 11.5 Å². The first kappa shape index (κ1) is 26.5. The van der Waals surface area contributed by atoms with Gasteiger partial charge in [0, 0.05) is 38.8 Å². The molecule has 0 N–H and O–H groups in total. The highest BCUT2D eigenvalue weighted by atomic mass is 16.7. The van der Waals surface area contributed by atoms with E-state index in [9.17, 15) is 9.59 Å². The van der Waals surface area contributed by atoms with E-state index in [2.05, 4.69) is 4.90 Å². The smallest absolute Gasteiger partial charge is 0.247 e. The van der Waals surface area contributed by atoms with Gasteiger partial charge in [0.2, 0.25) is 18.6 Å². The molecule has 1 fully saturated rings. The number of morpholine rings is 1. The Bertz CT molecular complexity index is 1250. The van der Waals surface area contributed by atoms with E-state index in [1.165, 1.54) is 6.08 Å². The summed E-state index contributed by atoms with van der Waals surface area (Å²) in [7, 11) is 0. The van der Waals surface area contributed by atoms with Crippen LogP contribution in [0.1, 0.15) is 16.9 Å². The van der Waals surface area contributed by atoms with Crippen LogP contribution >= 0.6 is 0 Å². The number of benzene rings is 2. The molecule has 2 amide bonds. The van der Waals surface area contributed by atoms with Gasteiger partial charge < -0.3 is 28.4 Å². The molecule has 2 aliphatic heterocycles. The van der Waals surface area contributed by atoms with E-state index in [1.54, 1.807) is 28.2 Å². The van der Waals surface area contributed by atoms with Gasteiger partial charge in [-0.15, -0.1) is 0 Å². The van der Waals surface area contributed by atoms with Crippen molar-refractivity contribution in [3.05, 3.63) is 89.9 Å². The molecular weight excluding hydrogens is 498 g/mol. The van der Waals surface area contributed by atoms with E-state index in [0.717, 1.165) is 24.2 Å². The first-order valence-electron chi connectivity index (χ1n) is 13.1. The largest absolute Gasteiger partial charge is 0.467 e. The average molecular weight is 532 g/mol. The maximum absolute atomic E-state index is 13.7. The Kier molecular flexibility index (Phi) is 8.93. The van der Waals surface area contributed by atoms with E-state index in [1.807, 2.05) is 54.6 Å². The fraction of sp³-hybridized carbons (Fsp3) is 0.333. The average Bonchev–Trinajstić information content (AvgIpc) is 3.66. The van der Waals surface area contributed by atoms with Gasteiger partial charge in [0.05, 0.1) is 26.0 Å². The standard InChI is InChI=1S/C30H33N3O6/c34-29(11-9-24-5-2-1-3-6-24)32(13-12-31-14-17-36-18-15-31)22-30(35)33(21-26-7-4-16-37-26)20-25-8-10-27-28(19-25)39-23-38-27/h1-11,16,19H,12-15,17-18,20-23H2. The summed E-state index contributed by atoms with van der Waals surface area (Å²) in [5, 5.41) is 0. The summed E-state index contributed by atoms with van der Waals surface area (Å²) in [6.07, 6.45) is 4.91. The molecule has 1 saturated heterocycles. The summed E-state index contributed by atoms with van der Waals surface area (Å²) >= 11 is 0. The number of furan rings is 1. The van der Waals surface area contributed by atoms with Crippen molar-refractivity contribution in [2.45, 2.75) is 13.1 Å². The van der Waals surface area contributed by atoms with Crippen molar-refractivity contribution in [1.82, 2.24) is 14.7 Å². The topological polar surface area (TPSA) is 84.7 Å². The van der Waals surface area contributed by atoms with Crippen molar-refractivity contribution >= 4 is 17.9 Å². The van der Waals surface area contributed by atoms with Crippen LogP contribution in [0.15, 0.2) is 77.4 Å². The third kappa shape index (κ3) is 7.49. The van der Waals surface area contributed by atoms with Crippen molar-refractivity contribution in [3.63, 3.8) is 0 Å². The number of nitrogens with zero attached hydrogens (tertiary/aromatic N) is 3. The molecule has 0 unspecified atom stereocenters. The molecule has 0 aliphatic carbocycles. The summed E-state index contributed by atoms with van der Waals surface area (Å²) < 4.78 is 21.9. The van der Waals surface area contributed by atoms with Crippen LogP contribution in [0.25, 0.3) is 6.08 Å². The Balaban J connectivity index is 1.31. The third-order valence-corrected chi connectivity index (χ3v) is 6.74. The molecule has 2 aliphatic rings. The number of amides is 2. The number of carbonyl (C=O) groups is 2. The van der Waals surface area contributed by atoms with Crippen LogP contribution in [-0.2, 0) is 27.4 Å². The van der Waals surface area contributed by atoms with Crippen molar-refractivity contribution in [2.75, 3.05) is 52.7 Å². The lowest BCUT2D eigenvalue weighted by atomic mass is 10.1. The first-order valence-corrected chi connectivity index (χ1v) is 13.1. The second-order valence-corrected chi connectivity index (χ2v) is 9.47. The second kappa shape index (κ2) is 13.1. The van der Waals surface area contributed by atoms with Crippen LogP contribution in [0, 0.1) is 0 Å². The molecule has 0 bridgehead atoms. The van der Waals surface area contributed by atoms with Crippen LogP contribution in [0.3, 0.4) is 0 Å². The predicted molar refractivity (Wildman–Crippen MR) is 145 cm³/mol. The van der Waals surface area contributed by atoms with Gasteiger partial charge in [0.15, 0.2) is 11.5 Å². The van der Waals surface area contributed by atoms with Crippen molar-refractivity contribution in [1.29, 1.82) is 0 Å². The number of hydrogen-bond donors (Lipinski definition) is 0. The minimum Gasteiger partial charge on any atom is -0.467 e. The molecule has 1 aromatic heterocycles. The van der Waals surface area contributed by atoms with Crippen LogP contribution in [0.4, 0.5) is 0 Å². The van der Waals surface area contributed by atoms with E-state index < -0.39 is 0 Å². The first-order chi connectivity index (χ1) is 19.1. The summed E-state index contributed by atoms with van der Waals surface area (Å²) in [5.41, 5.74) is 1.82. The highest BCUT2D eigenvalue weighted by molar-refractivity contribution is 5.94. The molecule has 3 aromatic rings. The van der Waals surface area contributed by atoms with Crippen molar-refractivity contribution < 1.29 is 28.2 Å². The van der Waals surface area contributed by atoms with E-state index >= 15 is 0 Å². The minimum atomic E-state index is -0.207. The van der Waals surface area contributed by atoms with Gasteiger partial charge in [-0.05, 0) is 41.5 Å². The van der Waals surface area contributed by atoms with Gasteiger partial charge in [-0.1, -0.05) is 36.4 Å². The molecule has 0 atom stereocenters. The maximum Gasteiger partial charge on any atom is 0.247 e. The van der Waals surface area contributed by atoms with Gasteiger partial charge in [-0.25, -0.2) is 0 Å². The summed E-state index contributed by atoms with van der Waals surface area (Å²) in [5.74, 6) is 1.63. The van der Waals surface area contributed by atoms with Crippen LogP contribution in [-0.4, -0.2) is 79.2 Å². The van der Waals surface area contributed by atoms with E-state index in [-0.39, 0.29) is 31.7 Å². The number of rotatable bonds is 11. The molecule has 39 heavy (non-hydrogen) atoms. The van der Waals surface area contributed by atoms with Gasteiger partial charge >= 0.3 is 0 Å². The second-order valence-electron chi connectivity index (χ2n) is 9.47. The molecule has 5 rings (SSSR count). The SMILES string of the molecule is O=C(C=Cc1ccccc1)N(CCN1CCOCC1)CC(=O)N(Cc1ccc2c(c1)OCO2)Cc1ccco1. The van der Waals surface area contributed by atoms with Gasteiger partial charge in [0.25, 0.3) is 0 Å². The zero-order chi connectivity index (χ0) is 26.9. The summed E-state index contributed by atoms with van der Waals surface area (Å²) in [6, 6.07) is 18.9. The molecule has 9 heteroatoms. The maximum atomic E-state index is 13.7. The predicted octanol–water partition coefficient (Wildman–Crippen LogP) is 3.41. The van der Waals surface area contributed by atoms with Crippen molar-refractivity contribution in [2.24, 2.45) is 0 Å². The van der Waals surface area contributed by atoms with Crippen LogP contribution < -0.4 is 9.47 Å². The number of carbonyl (C=O) groups excluding carboxylic acids is 2. The number of fused-ring (bicyclic) bond motifs is 1. The Labute approximate surface area is 228 Å². The molecule has 3 heterocycles. The van der Waals surface area contributed by atoms with E-state index in [0.29, 0.717) is 50.1 Å². The third-order valence-electron chi connectivity index (χ3n) is 6.74. The Hall–Kier alpha value is -4.08. The minimum absolute atomic E-state index is 0.0481. The lowest BCUT2D eigenvalue weighted by Crippen LogP contribution is -2.46. The molecule has 204 valence electrons. The lowest BCUT2D eigenvalue weighted by molar-refractivity contribution is -0.139. The Morgan fingerprint density at radius 3 is 2.51 bits per heavy atom. The molecule has 0 saturated carbocycles. The summed E-state index contributed by atoms with van der Waals surface area (Å²) in [4.78, 5) is 32.6. The van der Waals surface area contributed by atoms with Gasteiger partial charge in [-0.2, -0.15) is 0 Å². The molecule has 2 aromatic carbocycles. The normalized spacial score (nSPS) is 15.0. The molecule has 0 spiro atoms. The van der Waals surface area contributed by atoms with Gasteiger partial charge in [-0.3, -0.25) is 14.5 Å². The fourth-order valence-electron chi connectivity index (χ4n) is 4.54. The zero-order valence-electron chi connectivity index (χ0n) is 21.9. The highest BCUT2D eigenvalue weighted by Crippen LogP contribution is 2.33. The Morgan fingerprint density at radius 1 is 0.897 bits per heavy atom. The lowest BCUT2D eigenvalue weighted by Gasteiger charge is -2.31. The van der Waals surface area contributed by atoms with E-state index in [4.69, 9.17) is 18.6 Å². The zero-order valence-corrected chi connectivity index (χ0v) is 21.9. The van der Waals surface area contributed by atoms with Crippen LogP contribution in [0.2, 0.25) is 0 Å².